The molecule has 26 heavy (non-hydrogen) atoms. The number of halogens is 2. The van der Waals surface area contributed by atoms with Gasteiger partial charge in [-0.05, 0) is 42.7 Å². The molecule has 5 N–H and O–H groups in total. The third kappa shape index (κ3) is 7.83. The Morgan fingerprint density at radius 3 is 1.77 bits per heavy atom. The van der Waals surface area contributed by atoms with Gasteiger partial charge in [-0.1, -0.05) is 42.8 Å². The van der Waals surface area contributed by atoms with E-state index in [1.165, 1.54) is 11.8 Å². The van der Waals surface area contributed by atoms with Gasteiger partial charge in [0.1, 0.15) is 4.99 Å². The zero-order chi connectivity index (χ0) is 19.0. The van der Waals surface area contributed by atoms with Crippen molar-refractivity contribution in [2.45, 2.75) is 7.43 Å². The first-order chi connectivity index (χ1) is 11.8. The van der Waals surface area contributed by atoms with E-state index in [-0.39, 0.29) is 7.43 Å². The number of nitrogens with two attached hydrogens (primary N) is 1. The van der Waals surface area contributed by atoms with E-state index in [1.807, 2.05) is 44.6 Å². The molecule has 0 saturated carbocycles. The standard InChI is InChI=1S/C9H11ClN2S.C8H9ClN2S.CH4/c1-12-8-4-6(9(11)13-2)3-7(10)5-8;1-11-7-3-5(8(10)12)2-6(9)4-7;/h3-5,11-12H,1-2H3;2-4,11H,1H3,(H2,10,12);1H4. The lowest BCUT2D eigenvalue weighted by Crippen LogP contribution is -2.09. The van der Waals surface area contributed by atoms with Gasteiger partial charge in [0, 0.05) is 46.6 Å². The van der Waals surface area contributed by atoms with Crippen molar-refractivity contribution in [3.8, 4) is 0 Å². The number of thioether (sulfide) groups is 1. The van der Waals surface area contributed by atoms with Crippen LogP contribution in [0.2, 0.25) is 10.0 Å². The van der Waals surface area contributed by atoms with Crippen LogP contribution in [0.4, 0.5) is 11.4 Å². The molecular weight excluding hydrogens is 407 g/mol. The van der Waals surface area contributed by atoms with Crippen molar-refractivity contribution in [2.75, 3.05) is 31.0 Å². The van der Waals surface area contributed by atoms with Gasteiger partial charge < -0.3 is 16.4 Å². The van der Waals surface area contributed by atoms with Gasteiger partial charge in [-0.2, -0.15) is 0 Å². The van der Waals surface area contributed by atoms with E-state index in [4.69, 9.17) is 46.6 Å². The van der Waals surface area contributed by atoms with Crippen molar-refractivity contribution in [1.82, 2.24) is 0 Å². The summed E-state index contributed by atoms with van der Waals surface area (Å²) in [5.74, 6) is 0. The molecule has 0 atom stereocenters. The molecule has 0 amide bonds. The highest BCUT2D eigenvalue weighted by Crippen LogP contribution is 2.21. The van der Waals surface area contributed by atoms with Gasteiger partial charge in [0.05, 0.1) is 5.04 Å². The van der Waals surface area contributed by atoms with E-state index in [0.717, 1.165) is 22.5 Å². The molecule has 2 aromatic rings. The number of nitrogens with one attached hydrogen (secondary N) is 3. The first kappa shape index (κ1) is 24.5. The summed E-state index contributed by atoms with van der Waals surface area (Å²) in [5, 5.41) is 15.4. The van der Waals surface area contributed by atoms with Crippen LogP contribution in [-0.4, -0.2) is 30.4 Å². The molecule has 0 unspecified atom stereocenters. The average Bonchev–Trinajstić information content (AvgIpc) is 2.60. The summed E-state index contributed by atoms with van der Waals surface area (Å²) in [4.78, 5) is 0.356. The Hall–Kier alpha value is -1.47. The second-order valence-corrected chi connectivity index (χ2v) is 6.98. The van der Waals surface area contributed by atoms with Crippen molar-refractivity contribution in [3.63, 3.8) is 0 Å². The van der Waals surface area contributed by atoms with Gasteiger partial charge >= 0.3 is 0 Å². The molecule has 2 rings (SSSR count). The fourth-order valence-electron chi connectivity index (χ4n) is 1.86. The average molecular weight is 431 g/mol. The molecule has 0 radical (unpaired) electrons. The Bertz CT molecular complexity index is 767. The molecule has 0 saturated heterocycles. The molecule has 0 spiro atoms. The van der Waals surface area contributed by atoms with Gasteiger partial charge in [-0.3, -0.25) is 5.41 Å². The predicted molar refractivity (Wildman–Crippen MR) is 125 cm³/mol. The van der Waals surface area contributed by atoms with E-state index >= 15 is 0 Å². The Morgan fingerprint density at radius 2 is 1.38 bits per heavy atom. The van der Waals surface area contributed by atoms with Gasteiger partial charge in [0.25, 0.3) is 0 Å². The van der Waals surface area contributed by atoms with Gasteiger partial charge in [0.15, 0.2) is 0 Å². The normalized spacial score (nSPS) is 9.27. The van der Waals surface area contributed by atoms with Crippen LogP contribution in [0.1, 0.15) is 18.6 Å². The van der Waals surface area contributed by atoms with Gasteiger partial charge in [-0.25, -0.2) is 0 Å². The van der Waals surface area contributed by atoms with E-state index in [2.05, 4.69) is 10.6 Å². The maximum atomic E-state index is 7.62. The Kier molecular flexibility index (Phi) is 11.3. The van der Waals surface area contributed by atoms with Crippen LogP contribution < -0.4 is 16.4 Å². The maximum absolute atomic E-state index is 7.62. The van der Waals surface area contributed by atoms with E-state index in [0.29, 0.717) is 20.1 Å². The van der Waals surface area contributed by atoms with E-state index in [9.17, 15) is 0 Å². The summed E-state index contributed by atoms with van der Waals surface area (Å²) in [6.07, 6.45) is 1.88. The molecule has 0 aliphatic heterocycles. The monoisotopic (exact) mass is 430 g/mol. The number of thiocarbonyl (C=S) groups is 1. The fraction of sp³-hybridized carbons (Fsp3) is 0.222. The van der Waals surface area contributed by atoms with Crippen molar-refractivity contribution >= 4 is 68.6 Å². The Labute approximate surface area is 175 Å². The molecule has 0 heterocycles. The molecule has 0 aliphatic carbocycles. The van der Waals surface area contributed by atoms with Crippen LogP contribution in [0.5, 0.6) is 0 Å². The minimum absolute atomic E-state index is 0. The maximum Gasteiger partial charge on any atom is 0.104 e. The summed E-state index contributed by atoms with van der Waals surface area (Å²) in [6.45, 7) is 0. The first-order valence-corrected chi connectivity index (χ1v) is 9.59. The van der Waals surface area contributed by atoms with Crippen LogP contribution in [0.15, 0.2) is 36.4 Å². The third-order valence-corrected chi connectivity index (χ3v) is 4.44. The number of benzene rings is 2. The largest absolute Gasteiger partial charge is 0.389 e. The molecule has 0 bridgehead atoms. The molecule has 0 aliphatic rings. The Morgan fingerprint density at radius 1 is 0.962 bits per heavy atom. The van der Waals surface area contributed by atoms with E-state index in [1.54, 1.807) is 12.1 Å². The molecule has 142 valence electrons. The fourth-order valence-corrected chi connectivity index (χ4v) is 2.80. The van der Waals surface area contributed by atoms with Crippen LogP contribution in [-0.2, 0) is 0 Å². The topological polar surface area (TPSA) is 73.9 Å². The molecule has 0 fully saturated rings. The van der Waals surface area contributed by atoms with Crippen LogP contribution in [0, 0.1) is 5.41 Å². The number of hydrogen-bond donors (Lipinski definition) is 4. The molecule has 8 heteroatoms. The lowest BCUT2D eigenvalue weighted by atomic mass is 10.2. The third-order valence-electron chi connectivity index (χ3n) is 3.12. The second kappa shape index (κ2) is 12.0. The highest BCUT2D eigenvalue weighted by molar-refractivity contribution is 8.13. The molecule has 2 aromatic carbocycles. The summed E-state index contributed by atoms with van der Waals surface area (Å²) in [5.41, 5.74) is 8.92. The van der Waals surface area contributed by atoms with Crippen molar-refractivity contribution in [3.05, 3.63) is 57.6 Å². The van der Waals surface area contributed by atoms with Gasteiger partial charge in [-0.15, -0.1) is 11.8 Å². The first-order valence-electron chi connectivity index (χ1n) is 7.20. The zero-order valence-electron chi connectivity index (χ0n) is 14.1. The molecule has 0 aromatic heterocycles. The zero-order valence-corrected chi connectivity index (χ0v) is 17.3. The van der Waals surface area contributed by atoms with Crippen molar-refractivity contribution < 1.29 is 0 Å². The number of anilines is 2. The minimum atomic E-state index is 0. The smallest absolute Gasteiger partial charge is 0.104 e. The predicted octanol–water partition coefficient (Wildman–Crippen LogP) is 5.72. The summed E-state index contributed by atoms with van der Waals surface area (Å²) >= 11 is 17.9. The lowest BCUT2D eigenvalue weighted by molar-refractivity contribution is 1.48. The summed E-state index contributed by atoms with van der Waals surface area (Å²) in [7, 11) is 3.65. The lowest BCUT2D eigenvalue weighted by Gasteiger charge is -2.05. The van der Waals surface area contributed by atoms with Gasteiger partial charge in [0.2, 0.25) is 0 Å². The van der Waals surface area contributed by atoms with Crippen LogP contribution in [0.25, 0.3) is 0 Å². The van der Waals surface area contributed by atoms with Crippen molar-refractivity contribution in [1.29, 1.82) is 5.41 Å². The van der Waals surface area contributed by atoms with Crippen LogP contribution in [0.3, 0.4) is 0 Å². The van der Waals surface area contributed by atoms with Crippen LogP contribution >= 0.6 is 47.2 Å². The number of hydrogen-bond acceptors (Lipinski definition) is 5. The Balaban J connectivity index is 0.000000464. The van der Waals surface area contributed by atoms with Crippen molar-refractivity contribution in [2.24, 2.45) is 5.73 Å². The molecule has 4 nitrogen and oxygen atoms in total. The van der Waals surface area contributed by atoms with E-state index < -0.39 is 0 Å². The second-order valence-electron chi connectivity index (χ2n) is 4.85. The quantitative estimate of drug-likeness (QED) is 0.283. The minimum Gasteiger partial charge on any atom is -0.389 e. The highest BCUT2D eigenvalue weighted by Gasteiger charge is 2.02. The summed E-state index contributed by atoms with van der Waals surface area (Å²) < 4.78 is 0. The molecular formula is C18H24Cl2N4S2. The highest BCUT2D eigenvalue weighted by atomic mass is 35.5. The summed E-state index contributed by atoms with van der Waals surface area (Å²) in [6, 6.07) is 10.9. The number of rotatable bonds is 4. The SMILES string of the molecule is C.CNc1cc(Cl)cc(C(=N)SC)c1.CNc1cc(Cl)cc(C(N)=S)c1.